The molecular formula is C28H34N4O4S. The number of aromatic nitrogens is 1. The first-order valence-corrected chi connectivity index (χ1v) is 13.4. The van der Waals surface area contributed by atoms with Crippen LogP contribution in [0.25, 0.3) is 10.2 Å². The monoisotopic (exact) mass is 522 g/mol. The van der Waals surface area contributed by atoms with Crippen LogP contribution in [0.3, 0.4) is 0 Å². The maximum absolute atomic E-state index is 12.4. The van der Waals surface area contributed by atoms with Crippen LogP contribution in [0.5, 0.6) is 0 Å². The van der Waals surface area contributed by atoms with Gasteiger partial charge in [0.2, 0.25) is 5.91 Å². The van der Waals surface area contributed by atoms with Gasteiger partial charge in [0.1, 0.15) is 6.10 Å². The third-order valence-corrected chi connectivity index (χ3v) is 7.46. The number of likely N-dealkylation sites (tertiary alicyclic amines) is 1. The van der Waals surface area contributed by atoms with Gasteiger partial charge in [-0.1, -0.05) is 24.6 Å². The molecule has 8 nitrogen and oxygen atoms in total. The molecule has 3 aromatic rings. The van der Waals surface area contributed by atoms with Gasteiger partial charge in [0.25, 0.3) is 0 Å². The van der Waals surface area contributed by atoms with E-state index in [1.165, 1.54) is 48.9 Å². The number of fused-ring (bicyclic) bond motifs is 1. The van der Waals surface area contributed by atoms with Crippen LogP contribution in [0.1, 0.15) is 46.2 Å². The van der Waals surface area contributed by atoms with Gasteiger partial charge in [-0.15, -0.1) is 11.3 Å². The van der Waals surface area contributed by atoms with Crippen molar-refractivity contribution in [3.05, 3.63) is 70.8 Å². The summed E-state index contributed by atoms with van der Waals surface area (Å²) in [5, 5.41) is 12.6. The topological polar surface area (TPSA) is 95.0 Å². The second kappa shape index (κ2) is 12.9. The number of nitrogens with one attached hydrogen (secondary N) is 1. The number of carbonyl (C=O) groups excluding carboxylic acids is 1. The third kappa shape index (κ3) is 7.45. The molecule has 3 heterocycles. The Morgan fingerprint density at radius 2 is 2.03 bits per heavy atom. The molecule has 0 unspecified atom stereocenters. The second-order valence-corrected chi connectivity index (χ2v) is 10.5. The lowest BCUT2D eigenvalue weighted by molar-refractivity contribution is -0.111. The molecule has 1 fully saturated rings. The summed E-state index contributed by atoms with van der Waals surface area (Å²) in [6, 6.07) is 11.1. The average Bonchev–Trinajstić information content (AvgIpc) is 3.31. The van der Waals surface area contributed by atoms with Gasteiger partial charge in [0, 0.05) is 35.9 Å². The summed E-state index contributed by atoms with van der Waals surface area (Å²) in [6.07, 6.45) is 8.17. The molecular weight excluding hydrogens is 488 g/mol. The summed E-state index contributed by atoms with van der Waals surface area (Å²) in [5.74, 6) is -1.17. The highest BCUT2D eigenvalue weighted by Gasteiger charge is 2.22. The quantitative estimate of drug-likeness (QED) is 0.354. The number of aromatic carboxylic acids is 1. The maximum Gasteiger partial charge on any atom is 0.337 e. The number of pyridine rings is 1. The number of rotatable bonds is 11. The second-order valence-electron chi connectivity index (χ2n) is 9.46. The molecule has 1 atom stereocenters. The van der Waals surface area contributed by atoms with Crippen LogP contribution in [0, 0.1) is 0 Å². The van der Waals surface area contributed by atoms with Gasteiger partial charge in [0.15, 0.2) is 0 Å². The minimum absolute atomic E-state index is 0.196. The zero-order chi connectivity index (χ0) is 26.2. The Balaban J connectivity index is 1.58. The number of hydrogen-bond acceptors (Lipinski definition) is 7. The van der Waals surface area contributed by atoms with Gasteiger partial charge in [-0.2, -0.15) is 0 Å². The summed E-state index contributed by atoms with van der Waals surface area (Å²) >= 11 is 1.39. The van der Waals surface area contributed by atoms with Crippen LogP contribution < -0.4 is 5.32 Å². The van der Waals surface area contributed by atoms with E-state index in [4.69, 9.17) is 4.74 Å². The van der Waals surface area contributed by atoms with Crippen molar-refractivity contribution in [2.24, 2.45) is 0 Å². The van der Waals surface area contributed by atoms with Crippen LogP contribution in [-0.4, -0.2) is 78.6 Å². The van der Waals surface area contributed by atoms with Crippen molar-refractivity contribution < 1.29 is 19.4 Å². The van der Waals surface area contributed by atoms with Crippen molar-refractivity contribution in [3.63, 3.8) is 0 Å². The minimum Gasteiger partial charge on any atom is -0.478 e. The zero-order valence-electron chi connectivity index (χ0n) is 21.4. The fourth-order valence-corrected chi connectivity index (χ4v) is 5.61. The van der Waals surface area contributed by atoms with Crippen molar-refractivity contribution in [1.82, 2.24) is 14.8 Å². The SMILES string of the molecule is CN(C)CC=CC(=O)Nc1cccc([C@@H](OCCN2CCCCC2)c2cc3nccc(C(=O)O)c3s2)c1. The molecule has 0 bridgehead atoms. The first-order valence-electron chi connectivity index (χ1n) is 12.6. The van der Waals surface area contributed by atoms with E-state index >= 15 is 0 Å². The number of carboxylic acid groups (broad SMARTS) is 1. The Bertz CT molecular complexity index is 1250. The lowest BCUT2D eigenvalue weighted by atomic mass is 10.1. The highest BCUT2D eigenvalue weighted by Crippen LogP contribution is 2.37. The predicted molar refractivity (Wildman–Crippen MR) is 147 cm³/mol. The summed E-state index contributed by atoms with van der Waals surface area (Å²) in [4.78, 5) is 33.8. The summed E-state index contributed by atoms with van der Waals surface area (Å²) in [5.41, 5.74) is 2.43. The number of hydrogen-bond donors (Lipinski definition) is 2. The van der Waals surface area contributed by atoms with Crippen molar-refractivity contribution in [2.45, 2.75) is 25.4 Å². The van der Waals surface area contributed by atoms with Crippen LogP contribution in [0.2, 0.25) is 0 Å². The largest absolute Gasteiger partial charge is 0.478 e. The molecule has 9 heteroatoms. The first-order chi connectivity index (χ1) is 17.9. The molecule has 4 rings (SSSR count). The molecule has 0 radical (unpaired) electrons. The van der Waals surface area contributed by atoms with E-state index in [0.717, 1.165) is 30.1 Å². The van der Waals surface area contributed by atoms with Gasteiger partial charge in [-0.3, -0.25) is 9.78 Å². The number of thiophene rings is 1. The van der Waals surface area contributed by atoms with Crippen molar-refractivity contribution >= 4 is 39.1 Å². The van der Waals surface area contributed by atoms with E-state index in [1.54, 1.807) is 0 Å². The van der Waals surface area contributed by atoms with Crippen LogP contribution >= 0.6 is 11.3 Å². The molecule has 1 aliphatic heterocycles. The Morgan fingerprint density at radius 3 is 2.78 bits per heavy atom. The van der Waals surface area contributed by atoms with E-state index in [9.17, 15) is 14.7 Å². The normalized spacial score (nSPS) is 15.4. The molecule has 1 saturated heterocycles. The molecule has 0 aliphatic carbocycles. The number of nitrogens with zero attached hydrogens (tertiary/aromatic N) is 3. The van der Waals surface area contributed by atoms with E-state index in [2.05, 4.69) is 15.2 Å². The van der Waals surface area contributed by atoms with E-state index in [0.29, 0.717) is 29.1 Å². The number of piperidine rings is 1. The molecule has 1 aromatic carbocycles. The number of benzene rings is 1. The lowest BCUT2D eigenvalue weighted by Gasteiger charge is -2.27. The van der Waals surface area contributed by atoms with Crippen molar-refractivity contribution in [3.8, 4) is 0 Å². The number of ether oxygens (including phenoxy) is 1. The van der Waals surface area contributed by atoms with Gasteiger partial charge in [-0.25, -0.2) is 4.79 Å². The van der Waals surface area contributed by atoms with Crippen LogP contribution in [0.4, 0.5) is 5.69 Å². The van der Waals surface area contributed by atoms with Crippen LogP contribution in [0.15, 0.2) is 54.7 Å². The highest BCUT2D eigenvalue weighted by atomic mass is 32.1. The Labute approximate surface area is 221 Å². The molecule has 196 valence electrons. The summed E-state index contributed by atoms with van der Waals surface area (Å²) in [6.45, 7) is 4.24. The smallest absolute Gasteiger partial charge is 0.337 e. The Hall–Kier alpha value is -3.11. The van der Waals surface area contributed by atoms with Gasteiger partial charge < -0.3 is 25.0 Å². The number of likely N-dealkylation sites (N-methyl/N-ethyl adjacent to an activating group) is 1. The predicted octanol–water partition coefficient (Wildman–Crippen LogP) is 4.64. The molecule has 0 spiro atoms. The van der Waals surface area contributed by atoms with E-state index in [1.807, 2.05) is 55.4 Å². The molecule has 0 saturated carbocycles. The number of anilines is 1. The highest BCUT2D eigenvalue weighted by molar-refractivity contribution is 7.19. The van der Waals surface area contributed by atoms with E-state index < -0.39 is 12.1 Å². The lowest BCUT2D eigenvalue weighted by Crippen LogP contribution is -2.33. The summed E-state index contributed by atoms with van der Waals surface area (Å²) in [7, 11) is 3.89. The van der Waals surface area contributed by atoms with Gasteiger partial charge in [0.05, 0.1) is 22.4 Å². The standard InChI is InChI=1S/C28H34N4O4S/c1-31(2)13-7-10-25(33)30-21-9-6-8-20(18-21)26(36-17-16-32-14-4-3-5-15-32)24-19-23-27(37-24)22(28(34)35)11-12-29-23/h6-12,18-19,26H,3-5,13-17H2,1-2H3,(H,30,33)(H,34,35)/t26-/m1/s1. The number of amides is 1. The third-order valence-electron chi connectivity index (χ3n) is 6.26. The van der Waals surface area contributed by atoms with Gasteiger partial charge >= 0.3 is 5.97 Å². The maximum atomic E-state index is 12.4. The van der Waals surface area contributed by atoms with Gasteiger partial charge in [-0.05, 0) is 69.9 Å². The fraction of sp³-hybridized carbons (Fsp3) is 0.393. The molecule has 1 amide bonds. The first kappa shape index (κ1) is 26.9. The Morgan fingerprint density at radius 1 is 1.22 bits per heavy atom. The number of carboxylic acids is 1. The zero-order valence-corrected chi connectivity index (χ0v) is 22.2. The Kier molecular flexibility index (Phi) is 9.40. The summed E-state index contributed by atoms with van der Waals surface area (Å²) < 4.78 is 7.09. The fourth-order valence-electron chi connectivity index (χ4n) is 4.41. The molecule has 1 aliphatic rings. The number of carbonyl (C=O) groups is 2. The molecule has 37 heavy (non-hydrogen) atoms. The minimum atomic E-state index is -0.976. The van der Waals surface area contributed by atoms with Crippen LogP contribution in [-0.2, 0) is 9.53 Å². The molecule has 2 aromatic heterocycles. The van der Waals surface area contributed by atoms with Crippen molar-refractivity contribution in [2.75, 3.05) is 52.2 Å². The molecule has 2 N–H and O–H groups in total. The van der Waals surface area contributed by atoms with Crippen molar-refractivity contribution in [1.29, 1.82) is 0 Å². The van der Waals surface area contributed by atoms with E-state index in [-0.39, 0.29) is 11.5 Å². The average molecular weight is 523 g/mol.